The lowest BCUT2D eigenvalue weighted by molar-refractivity contribution is 0.0739. The Labute approximate surface area is 126 Å². The molecular formula is C15H19N3O2S. The molecule has 5 nitrogen and oxygen atoms in total. The number of fused-ring (bicyclic) bond motifs is 1. The third-order valence-electron chi connectivity index (χ3n) is 3.94. The van der Waals surface area contributed by atoms with Crippen LogP contribution in [0.15, 0.2) is 18.2 Å². The Kier molecular flexibility index (Phi) is 3.45. The van der Waals surface area contributed by atoms with Crippen LogP contribution in [-0.2, 0) is 11.2 Å². The van der Waals surface area contributed by atoms with E-state index >= 15 is 0 Å². The van der Waals surface area contributed by atoms with Crippen molar-refractivity contribution in [1.82, 2.24) is 15.1 Å². The van der Waals surface area contributed by atoms with Crippen molar-refractivity contribution in [3.8, 4) is 0 Å². The second-order valence-electron chi connectivity index (χ2n) is 6.16. The molecule has 6 heteroatoms. The fourth-order valence-electron chi connectivity index (χ4n) is 2.69. The van der Waals surface area contributed by atoms with E-state index < -0.39 is 11.2 Å². The van der Waals surface area contributed by atoms with Gasteiger partial charge in [-0.3, -0.25) is 9.89 Å². The number of hydrogen-bond acceptors (Lipinski definition) is 3. The Balaban J connectivity index is 1.92. The average Bonchev–Trinajstić information content (AvgIpc) is 2.84. The van der Waals surface area contributed by atoms with E-state index in [0.29, 0.717) is 24.5 Å². The predicted octanol–water partition coefficient (Wildman–Crippen LogP) is 1.85. The number of aromatic nitrogens is 2. The van der Waals surface area contributed by atoms with E-state index in [9.17, 15) is 9.35 Å². The lowest BCUT2D eigenvalue weighted by Crippen LogP contribution is -2.54. The van der Waals surface area contributed by atoms with Crippen molar-refractivity contribution in [1.29, 1.82) is 0 Å². The summed E-state index contributed by atoms with van der Waals surface area (Å²) in [5.41, 5.74) is 2.42. The van der Waals surface area contributed by atoms with Crippen molar-refractivity contribution in [3.63, 3.8) is 0 Å². The fourth-order valence-corrected chi connectivity index (χ4v) is 3.93. The van der Waals surface area contributed by atoms with Crippen LogP contribution in [0.4, 0.5) is 0 Å². The summed E-state index contributed by atoms with van der Waals surface area (Å²) in [6.07, 6.45) is 0. The van der Waals surface area contributed by atoms with E-state index in [1.807, 2.05) is 39.0 Å². The number of benzene rings is 1. The smallest absolute Gasteiger partial charge is 0.275 e. The maximum atomic E-state index is 12.7. The second kappa shape index (κ2) is 5.03. The highest BCUT2D eigenvalue weighted by molar-refractivity contribution is 7.92. The summed E-state index contributed by atoms with van der Waals surface area (Å²) in [5, 5.41) is 7.95. The molecule has 112 valence electrons. The number of nitrogens with zero attached hydrogens (tertiary/aromatic N) is 2. The van der Waals surface area contributed by atoms with Crippen molar-refractivity contribution in [2.45, 2.75) is 25.5 Å². The molecule has 2 aromatic rings. The molecule has 0 radical (unpaired) electrons. The molecule has 1 aliphatic rings. The zero-order valence-electron chi connectivity index (χ0n) is 12.5. The summed E-state index contributed by atoms with van der Waals surface area (Å²) in [6, 6.07) is 5.89. The van der Waals surface area contributed by atoms with Crippen LogP contribution in [0, 0.1) is 6.92 Å². The highest BCUT2D eigenvalue weighted by atomic mass is 32.2. The van der Waals surface area contributed by atoms with Crippen LogP contribution in [0.5, 0.6) is 0 Å². The van der Waals surface area contributed by atoms with E-state index in [0.717, 1.165) is 16.5 Å². The van der Waals surface area contributed by atoms with E-state index in [4.69, 9.17) is 0 Å². The summed E-state index contributed by atoms with van der Waals surface area (Å²) in [4.78, 5) is 14.5. The van der Waals surface area contributed by atoms with Crippen LogP contribution < -0.4 is 0 Å². The molecule has 1 aromatic carbocycles. The molecule has 2 heterocycles. The van der Waals surface area contributed by atoms with Crippen molar-refractivity contribution >= 4 is 28.0 Å². The molecule has 21 heavy (non-hydrogen) atoms. The number of aryl methyl sites for hydroxylation is 1. The summed E-state index contributed by atoms with van der Waals surface area (Å²) in [7, 11) is 0. The zero-order chi connectivity index (χ0) is 15.2. The number of rotatable bonds is 1. The first kappa shape index (κ1) is 14.4. The molecule has 0 spiro atoms. The first-order valence-corrected chi connectivity index (χ1v) is 8.33. The van der Waals surface area contributed by atoms with E-state index in [1.165, 1.54) is 0 Å². The number of carbonyl (C=O) groups excluding carboxylic acids is 1. The molecule has 0 bridgehead atoms. The highest BCUT2D eigenvalue weighted by Crippen LogP contribution is 2.26. The van der Waals surface area contributed by atoms with Crippen LogP contribution in [-0.4, -0.2) is 49.1 Å². The van der Waals surface area contributed by atoms with Gasteiger partial charge in [0, 0.05) is 5.39 Å². The highest BCUT2D eigenvalue weighted by Gasteiger charge is 2.40. The molecule has 0 aliphatic carbocycles. The number of aromatic amines is 1. The number of nitrogens with one attached hydrogen (secondary N) is 1. The minimum Gasteiger partial charge on any atom is -0.616 e. The number of hydrogen-bond donors (Lipinski definition) is 1. The normalized spacial score (nSPS) is 21.7. The van der Waals surface area contributed by atoms with Crippen LogP contribution in [0.2, 0.25) is 0 Å². The van der Waals surface area contributed by atoms with Crippen LogP contribution in [0.25, 0.3) is 10.9 Å². The van der Waals surface area contributed by atoms with Gasteiger partial charge in [0.15, 0.2) is 5.69 Å². The minimum atomic E-state index is -0.887. The van der Waals surface area contributed by atoms with Gasteiger partial charge in [-0.05, 0) is 44.1 Å². The Bertz CT molecular complexity index is 695. The Morgan fingerprint density at radius 2 is 2.24 bits per heavy atom. The fraction of sp³-hybridized carbons (Fsp3) is 0.467. The van der Waals surface area contributed by atoms with Gasteiger partial charge in [0.05, 0.1) is 18.6 Å². The van der Waals surface area contributed by atoms with Gasteiger partial charge in [-0.2, -0.15) is 5.10 Å². The average molecular weight is 305 g/mol. The zero-order valence-corrected chi connectivity index (χ0v) is 13.3. The lowest BCUT2D eigenvalue weighted by atomic mass is 10.1. The number of H-pyrrole nitrogens is 1. The SMILES string of the molecule is Cc1ccc2[nH]nc(C(=O)N3CC[S+]([O-])C(C)(C)C3)c2c1. The summed E-state index contributed by atoms with van der Waals surface area (Å²) in [6.45, 7) is 6.90. The van der Waals surface area contributed by atoms with Crippen molar-refractivity contribution in [2.24, 2.45) is 0 Å². The molecule has 1 aromatic heterocycles. The Morgan fingerprint density at radius 1 is 1.48 bits per heavy atom. The summed E-state index contributed by atoms with van der Waals surface area (Å²) in [5.74, 6) is 0.441. The van der Waals surface area contributed by atoms with Crippen LogP contribution in [0.1, 0.15) is 29.9 Å². The minimum absolute atomic E-state index is 0.0865. The molecule has 1 amide bonds. The van der Waals surface area contributed by atoms with E-state index in [1.54, 1.807) is 4.90 Å². The molecule has 3 rings (SSSR count). The quantitative estimate of drug-likeness (QED) is 0.817. The molecule has 1 atom stereocenters. The predicted molar refractivity (Wildman–Crippen MR) is 83.8 cm³/mol. The molecule has 0 saturated carbocycles. The first-order valence-electron chi connectivity index (χ1n) is 7.01. The van der Waals surface area contributed by atoms with Gasteiger partial charge < -0.3 is 9.45 Å². The van der Waals surface area contributed by atoms with E-state index in [-0.39, 0.29) is 10.7 Å². The lowest BCUT2D eigenvalue weighted by Gasteiger charge is -2.39. The topological polar surface area (TPSA) is 72.0 Å². The molecule has 1 N–H and O–H groups in total. The second-order valence-corrected chi connectivity index (χ2v) is 8.36. The molecular weight excluding hydrogens is 286 g/mol. The maximum absolute atomic E-state index is 12.7. The van der Waals surface area contributed by atoms with Gasteiger partial charge in [0.1, 0.15) is 10.5 Å². The van der Waals surface area contributed by atoms with E-state index in [2.05, 4.69) is 10.2 Å². The largest absolute Gasteiger partial charge is 0.616 e. The van der Waals surface area contributed by atoms with Gasteiger partial charge >= 0.3 is 0 Å². The molecule has 1 saturated heterocycles. The van der Waals surface area contributed by atoms with Crippen LogP contribution in [0.3, 0.4) is 0 Å². The number of amides is 1. The van der Waals surface area contributed by atoms with Gasteiger partial charge in [-0.15, -0.1) is 0 Å². The summed E-state index contributed by atoms with van der Waals surface area (Å²) < 4.78 is 11.6. The van der Waals surface area contributed by atoms with Gasteiger partial charge in [0.2, 0.25) is 0 Å². The van der Waals surface area contributed by atoms with Crippen LogP contribution >= 0.6 is 0 Å². The van der Waals surface area contributed by atoms with Gasteiger partial charge in [0.25, 0.3) is 5.91 Å². The third kappa shape index (κ3) is 2.53. The Hall–Kier alpha value is -1.53. The van der Waals surface area contributed by atoms with Gasteiger partial charge in [-0.25, -0.2) is 0 Å². The van der Waals surface area contributed by atoms with Crippen molar-refractivity contribution in [3.05, 3.63) is 29.5 Å². The number of carbonyl (C=O) groups is 1. The Morgan fingerprint density at radius 3 is 2.95 bits per heavy atom. The maximum Gasteiger partial charge on any atom is 0.275 e. The van der Waals surface area contributed by atoms with Crippen molar-refractivity contribution in [2.75, 3.05) is 18.8 Å². The monoisotopic (exact) mass is 305 g/mol. The molecule has 1 unspecified atom stereocenters. The van der Waals surface area contributed by atoms with Crippen molar-refractivity contribution < 1.29 is 9.35 Å². The van der Waals surface area contributed by atoms with Gasteiger partial charge in [-0.1, -0.05) is 11.6 Å². The molecule has 1 aliphatic heterocycles. The third-order valence-corrected chi connectivity index (χ3v) is 5.86. The molecule has 1 fully saturated rings. The standard InChI is InChI=1S/C15H19N3O2S/c1-10-4-5-12-11(8-10)13(17-16-12)14(19)18-6-7-21(20)15(2,3)9-18/h4-5,8H,6-7,9H2,1-3H3,(H,16,17). The summed E-state index contributed by atoms with van der Waals surface area (Å²) >= 11 is -0.887. The first-order chi connectivity index (χ1) is 9.88.